The number of carboxylic acid groups (broad SMARTS) is 1. The second-order valence-corrected chi connectivity index (χ2v) is 7.77. The third-order valence-corrected chi connectivity index (χ3v) is 6.40. The third-order valence-electron chi connectivity index (χ3n) is 4.31. The molecule has 0 aliphatic carbocycles. The summed E-state index contributed by atoms with van der Waals surface area (Å²) in [6.07, 6.45) is 3.39. The average Bonchev–Trinajstić information content (AvgIpc) is 2.50. The van der Waals surface area contributed by atoms with Crippen LogP contribution < -0.4 is 0 Å². The Morgan fingerprint density at radius 1 is 1.39 bits per heavy atom. The zero-order valence-corrected chi connectivity index (χ0v) is 14.0. The van der Waals surface area contributed by atoms with E-state index < -0.39 is 21.8 Å². The van der Waals surface area contributed by atoms with Gasteiger partial charge in [-0.1, -0.05) is 12.5 Å². The van der Waals surface area contributed by atoms with Gasteiger partial charge in [0.2, 0.25) is 10.0 Å². The number of carboxylic acids is 1. The molecular weight excluding hydrogens is 321 g/mol. The van der Waals surface area contributed by atoms with Gasteiger partial charge >= 0.3 is 5.97 Å². The quantitative estimate of drug-likeness (QED) is 0.862. The molecule has 2 rings (SSSR count). The first-order chi connectivity index (χ1) is 10.8. The van der Waals surface area contributed by atoms with Crippen LogP contribution in [0, 0.1) is 12.7 Å². The Balaban J connectivity index is 2.24. The summed E-state index contributed by atoms with van der Waals surface area (Å²) in [5.74, 6) is -1.42. The molecule has 1 aliphatic heterocycles. The number of aliphatic carboxylic acids is 1. The van der Waals surface area contributed by atoms with Gasteiger partial charge in [0.25, 0.3) is 0 Å². The fraction of sp³-hybridized carbons (Fsp3) is 0.562. The van der Waals surface area contributed by atoms with Gasteiger partial charge in [-0.25, -0.2) is 12.8 Å². The van der Waals surface area contributed by atoms with E-state index >= 15 is 0 Å². The van der Waals surface area contributed by atoms with Crippen molar-refractivity contribution >= 4 is 16.0 Å². The molecule has 23 heavy (non-hydrogen) atoms. The predicted octanol–water partition coefficient (Wildman–Crippen LogP) is 2.93. The first-order valence-electron chi connectivity index (χ1n) is 7.83. The molecule has 1 saturated heterocycles. The Hall–Kier alpha value is -1.47. The molecule has 1 unspecified atom stereocenters. The van der Waals surface area contributed by atoms with Crippen molar-refractivity contribution in [3.05, 3.63) is 29.6 Å². The molecule has 1 aromatic carbocycles. The maximum atomic E-state index is 13.7. The molecule has 1 aliphatic rings. The molecule has 0 radical (unpaired) electrons. The second kappa shape index (κ2) is 7.40. The van der Waals surface area contributed by atoms with Gasteiger partial charge in [0.15, 0.2) is 0 Å². The highest BCUT2D eigenvalue weighted by Crippen LogP contribution is 2.30. The topological polar surface area (TPSA) is 74.7 Å². The van der Waals surface area contributed by atoms with Crippen molar-refractivity contribution < 1.29 is 22.7 Å². The number of halogens is 1. The van der Waals surface area contributed by atoms with Crippen LogP contribution in [0.15, 0.2) is 23.1 Å². The maximum absolute atomic E-state index is 13.7. The van der Waals surface area contributed by atoms with Gasteiger partial charge in [0.1, 0.15) is 5.82 Å². The van der Waals surface area contributed by atoms with Crippen molar-refractivity contribution in [3.8, 4) is 0 Å². The van der Waals surface area contributed by atoms with E-state index in [-0.39, 0.29) is 22.9 Å². The van der Waals surface area contributed by atoms with Gasteiger partial charge in [0.05, 0.1) is 4.90 Å². The van der Waals surface area contributed by atoms with Gasteiger partial charge < -0.3 is 5.11 Å². The van der Waals surface area contributed by atoms with E-state index in [4.69, 9.17) is 5.11 Å². The van der Waals surface area contributed by atoms with Crippen LogP contribution >= 0.6 is 0 Å². The van der Waals surface area contributed by atoms with Crippen molar-refractivity contribution in [1.29, 1.82) is 0 Å². The van der Waals surface area contributed by atoms with E-state index in [1.165, 1.54) is 29.4 Å². The van der Waals surface area contributed by atoms with Crippen molar-refractivity contribution in [3.63, 3.8) is 0 Å². The summed E-state index contributed by atoms with van der Waals surface area (Å²) in [4.78, 5) is 10.7. The molecule has 1 N–H and O–H groups in total. The summed E-state index contributed by atoms with van der Waals surface area (Å²) in [6, 6.07) is 3.86. The normalized spacial score (nSPS) is 19.7. The molecule has 0 amide bonds. The van der Waals surface area contributed by atoms with Gasteiger partial charge in [-0.3, -0.25) is 4.79 Å². The van der Waals surface area contributed by atoms with Crippen LogP contribution in [0.25, 0.3) is 0 Å². The highest BCUT2D eigenvalue weighted by atomic mass is 32.2. The molecule has 1 fully saturated rings. The molecule has 1 heterocycles. The van der Waals surface area contributed by atoms with E-state index in [2.05, 4.69) is 0 Å². The average molecular weight is 343 g/mol. The van der Waals surface area contributed by atoms with E-state index in [0.717, 1.165) is 12.8 Å². The fourth-order valence-corrected chi connectivity index (χ4v) is 5.02. The molecule has 0 spiro atoms. The Morgan fingerprint density at radius 2 is 2.13 bits per heavy atom. The Labute approximate surface area is 136 Å². The molecule has 5 nitrogen and oxygen atoms in total. The number of benzene rings is 1. The van der Waals surface area contributed by atoms with Gasteiger partial charge in [-0.05, 0) is 44.7 Å². The second-order valence-electron chi connectivity index (χ2n) is 5.91. The number of sulfonamides is 1. The Morgan fingerprint density at radius 3 is 2.83 bits per heavy atom. The van der Waals surface area contributed by atoms with Gasteiger partial charge in [0, 0.05) is 24.6 Å². The lowest BCUT2D eigenvalue weighted by atomic mass is 10.00. The largest absolute Gasteiger partial charge is 0.481 e. The van der Waals surface area contributed by atoms with Crippen LogP contribution in [0.3, 0.4) is 0 Å². The highest BCUT2D eigenvalue weighted by molar-refractivity contribution is 7.89. The third kappa shape index (κ3) is 4.09. The highest BCUT2D eigenvalue weighted by Gasteiger charge is 2.34. The number of piperidine rings is 1. The van der Waals surface area contributed by atoms with Gasteiger partial charge in [-0.15, -0.1) is 0 Å². The van der Waals surface area contributed by atoms with E-state index in [0.29, 0.717) is 25.8 Å². The molecule has 0 aromatic heterocycles. The van der Waals surface area contributed by atoms with Crippen LogP contribution in [-0.2, 0) is 14.8 Å². The lowest BCUT2D eigenvalue weighted by Crippen LogP contribution is -2.43. The summed E-state index contributed by atoms with van der Waals surface area (Å²) in [6.45, 7) is 1.86. The summed E-state index contributed by atoms with van der Waals surface area (Å²) in [7, 11) is -3.77. The zero-order chi connectivity index (χ0) is 17.0. The molecule has 1 aromatic rings. The van der Waals surface area contributed by atoms with Crippen molar-refractivity contribution in [2.75, 3.05) is 6.54 Å². The van der Waals surface area contributed by atoms with Crippen LogP contribution in [0.4, 0.5) is 4.39 Å². The molecule has 0 saturated carbocycles. The lowest BCUT2D eigenvalue weighted by Gasteiger charge is -2.35. The Kier molecular flexibility index (Phi) is 5.75. The van der Waals surface area contributed by atoms with Crippen molar-refractivity contribution in [2.24, 2.45) is 0 Å². The van der Waals surface area contributed by atoms with Gasteiger partial charge in [-0.2, -0.15) is 4.31 Å². The summed E-state index contributed by atoms with van der Waals surface area (Å²) >= 11 is 0. The lowest BCUT2D eigenvalue weighted by molar-refractivity contribution is -0.137. The minimum absolute atomic E-state index is 0.00244. The SMILES string of the molecule is Cc1c(F)cccc1S(=O)(=O)N1CCCCC1CCCC(=O)O. The maximum Gasteiger partial charge on any atom is 0.303 e. The predicted molar refractivity (Wildman–Crippen MR) is 84.2 cm³/mol. The fourth-order valence-electron chi connectivity index (χ4n) is 3.06. The number of nitrogens with zero attached hydrogens (tertiary/aromatic N) is 1. The number of rotatable bonds is 6. The molecule has 128 valence electrons. The minimum Gasteiger partial charge on any atom is -0.481 e. The summed E-state index contributed by atoms with van der Waals surface area (Å²) < 4.78 is 41.0. The van der Waals surface area contributed by atoms with Crippen LogP contribution in [0.5, 0.6) is 0 Å². The molecule has 1 atom stereocenters. The van der Waals surface area contributed by atoms with Crippen LogP contribution in [-0.4, -0.2) is 36.4 Å². The summed E-state index contributed by atoms with van der Waals surface area (Å²) in [5.41, 5.74) is 0.127. The minimum atomic E-state index is -3.77. The van der Waals surface area contributed by atoms with E-state index in [1.54, 1.807) is 0 Å². The number of hydrogen-bond donors (Lipinski definition) is 1. The number of carbonyl (C=O) groups is 1. The molecule has 0 bridgehead atoms. The van der Waals surface area contributed by atoms with Crippen molar-refractivity contribution in [1.82, 2.24) is 4.31 Å². The number of hydrogen-bond acceptors (Lipinski definition) is 3. The monoisotopic (exact) mass is 343 g/mol. The standard InChI is InChI=1S/C16H22FNO4S/c1-12-14(17)8-5-9-15(12)23(21,22)18-11-3-2-6-13(18)7-4-10-16(19)20/h5,8-9,13H,2-4,6-7,10-11H2,1H3,(H,19,20). The van der Waals surface area contributed by atoms with E-state index in [9.17, 15) is 17.6 Å². The summed E-state index contributed by atoms with van der Waals surface area (Å²) in [5, 5.41) is 8.74. The van der Waals surface area contributed by atoms with Crippen LogP contribution in [0.1, 0.15) is 44.1 Å². The Bertz CT molecular complexity index is 675. The molecular formula is C16H22FNO4S. The van der Waals surface area contributed by atoms with Crippen LogP contribution in [0.2, 0.25) is 0 Å². The van der Waals surface area contributed by atoms with Crippen molar-refractivity contribution in [2.45, 2.75) is 56.4 Å². The zero-order valence-electron chi connectivity index (χ0n) is 13.2. The first-order valence-corrected chi connectivity index (χ1v) is 9.27. The first kappa shape index (κ1) is 17.9. The smallest absolute Gasteiger partial charge is 0.303 e. The molecule has 7 heteroatoms. The van der Waals surface area contributed by atoms with E-state index in [1.807, 2.05) is 0 Å².